The molecule has 0 atom stereocenters. The molecule has 0 saturated heterocycles. The zero-order valence-electron chi connectivity index (χ0n) is 20.8. The van der Waals surface area contributed by atoms with Crippen LogP contribution in [0.25, 0.3) is 10.8 Å². The van der Waals surface area contributed by atoms with Gasteiger partial charge in [0.05, 0.1) is 5.56 Å². The highest BCUT2D eigenvalue weighted by atomic mass is 19.1. The number of amides is 1. The Morgan fingerprint density at radius 1 is 1.11 bits per heavy atom. The molecular formula is C29H29FN4O3. The molecule has 0 aliphatic carbocycles. The first-order valence-electron chi connectivity index (χ1n) is 12.1. The van der Waals surface area contributed by atoms with Gasteiger partial charge in [0, 0.05) is 43.1 Å². The van der Waals surface area contributed by atoms with E-state index in [4.69, 9.17) is 10.5 Å². The van der Waals surface area contributed by atoms with Crippen LogP contribution in [0.2, 0.25) is 0 Å². The van der Waals surface area contributed by atoms with E-state index in [1.54, 1.807) is 30.3 Å². The van der Waals surface area contributed by atoms with Gasteiger partial charge in [0.15, 0.2) is 6.29 Å². The molecule has 0 aliphatic rings. The number of carbonyl (C=O) groups excluding carboxylic acids is 2. The Bertz CT molecular complexity index is 1420. The first kappa shape index (κ1) is 25.8. The number of benzene rings is 3. The van der Waals surface area contributed by atoms with Gasteiger partial charge in [-0.3, -0.25) is 9.59 Å². The lowest BCUT2D eigenvalue weighted by Gasteiger charge is -2.26. The van der Waals surface area contributed by atoms with Crippen molar-refractivity contribution in [3.8, 4) is 11.5 Å². The van der Waals surface area contributed by atoms with E-state index in [2.05, 4.69) is 24.1 Å². The molecule has 0 saturated carbocycles. The summed E-state index contributed by atoms with van der Waals surface area (Å²) in [5.74, 6) is 0.359. The van der Waals surface area contributed by atoms with Crippen molar-refractivity contribution in [1.29, 1.82) is 0 Å². The summed E-state index contributed by atoms with van der Waals surface area (Å²) in [6.07, 6.45) is 2.31. The number of fused-ring (bicyclic) bond motifs is 1. The molecule has 0 radical (unpaired) electrons. The fourth-order valence-corrected chi connectivity index (χ4v) is 4.12. The van der Waals surface area contributed by atoms with Gasteiger partial charge in [0.1, 0.15) is 23.1 Å². The number of ether oxygens (including phenoxy) is 1. The van der Waals surface area contributed by atoms with E-state index in [1.165, 1.54) is 18.3 Å². The van der Waals surface area contributed by atoms with Gasteiger partial charge in [-0.05, 0) is 59.2 Å². The highest BCUT2D eigenvalue weighted by Gasteiger charge is 2.16. The first-order valence-corrected chi connectivity index (χ1v) is 12.1. The van der Waals surface area contributed by atoms with E-state index in [1.807, 2.05) is 29.2 Å². The minimum atomic E-state index is -0.626. The van der Waals surface area contributed by atoms with Crippen molar-refractivity contribution < 1.29 is 18.7 Å². The largest absolute Gasteiger partial charge is 0.457 e. The van der Waals surface area contributed by atoms with E-state index in [9.17, 15) is 14.0 Å². The van der Waals surface area contributed by atoms with Crippen LogP contribution in [0.3, 0.4) is 0 Å². The normalized spacial score (nSPS) is 10.9. The Kier molecular flexibility index (Phi) is 8.10. The molecule has 190 valence electrons. The molecule has 0 aliphatic heterocycles. The molecule has 7 nitrogen and oxygen atoms in total. The fourth-order valence-electron chi connectivity index (χ4n) is 4.12. The average Bonchev–Trinajstić information content (AvgIpc) is 2.87. The summed E-state index contributed by atoms with van der Waals surface area (Å²) in [5, 5.41) is 4.33. The number of nitrogens with two attached hydrogens (primary N) is 1. The summed E-state index contributed by atoms with van der Waals surface area (Å²) < 4.78 is 20.8. The molecule has 4 rings (SSSR count). The number of halogens is 1. The first-order chi connectivity index (χ1) is 17.9. The summed E-state index contributed by atoms with van der Waals surface area (Å²) in [5.41, 5.74) is 6.90. The molecule has 4 aromatic rings. The molecule has 37 heavy (non-hydrogen) atoms. The van der Waals surface area contributed by atoms with Crippen LogP contribution < -0.4 is 20.7 Å². The van der Waals surface area contributed by atoms with Crippen molar-refractivity contribution in [2.24, 2.45) is 11.7 Å². The maximum absolute atomic E-state index is 14.9. The molecule has 3 N–H and O–H groups in total. The number of aromatic nitrogens is 1. The van der Waals surface area contributed by atoms with Crippen LogP contribution in [0.15, 0.2) is 72.9 Å². The van der Waals surface area contributed by atoms with Gasteiger partial charge >= 0.3 is 0 Å². The third-order valence-electron chi connectivity index (χ3n) is 5.77. The second-order valence-corrected chi connectivity index (χ2v) is 9.07. The highest BCUT2D eigenvalue weighted by Crippen LogP contribution is 2.28. The third-order valence-corrected chi connectivity index (χ3v) is 5.77. The van der Waals surface area contributed by atoms with Crippen LogP contribution in [0.1, 0.15) is 34.6 Å². The Morgan fingerprint density at radius 2 is 1.92 bits per heavy atom. The number of rotatable bonds is 10. The van der Waals surface area contributed by atoms with Gasteiger partial charge < -0.3 is 20.7 Å². The zero-order chi connectivity index (χ0) is 26.4. The van der Waals surface area contributed by atoms with Gasteiger partial charge in [-0.15, -0.1) is 0 Å². The lowest BCUT2D eigenvalue weighted by atomic mass is 10.1. The lowest BCUT2D eigenvalue weighted by Crippen LogP contribution is -2.32. The molecule has 8 heteroatoms. The Hall–Kier alpha value is -4.30. The van der Waals surface area contributed by atoms with Crippen molar-refractivity contribution in [3.63, 3.8) is 0 Å². The SMILES string of the molecule is CC(C)CN(CCN)c1ccc(C(=O)Nc2cc(Oc3ccc4c(C=O)cccc4c3)ccn2)c(F)c1. The number of pyridine rings is 1. The van der Waals surface area contributed by atoms with E-state index in [0.29, 0.717) is 41.8 Å². The number of nitrogens with zero attached hydrogens (tertiary/aromatic N) is 2. The van der Waals surface area contributed by atoms with Crippen molar-refractivity contribution in [2.45, 2.75) is 13.8 Å². The second-order valence-electron chi connectivity index (χ2n) is 9.07. The van der Waals surface area contributed by atoms with Gasteiger partial charge in [0.25, 0.3) is 5.91 Å². The maximum atomic E-state index is 14.9. The van der Waals surface area contributed by atoms with Crippen LogP contribution in [0.4, 0.5) is 15.9 Å². The molecule has 1 aromatic heterocycles. The summed E-state index contributed by atoms with van der Waals surface area (Å²) in [7, 11) is 0. The van der Waals surface area contributed by atoms with Gasteiger partial charge in [0.2, 0.25) is 0 Å². The lowest BCUT2D eigenvalue weighted by molar-refractivity contribution is 0.102. The zero-order valence-corrected chi connectivity index (χ0v) is 20.8. The standard InChI is InChI=1S/C29H29FN4O3/c1-19(2)17-34(13-11-31)22-6-8-26(27(30)15-22)29(36)33-28-16-24(10-12-32-28)37-23-7-9-25-20(14-23)4-3-5-21(25)18-35/h3-10,12,14-16,18-19H,11,13,17,31H2,1-2H3,(H,32,33,36). The van der Waals surface area contributed by atoms with Crippen LogP contribution >= 0.6 is 0 Å². The monoisotopic (exact) mass is 500 g/mol. The van der Waals surface area contributed by atoms with Crippen LogP contribution in [-0.4, -0.2) is 36.8 Å². The Morgan fingerprint density at radius 3 is 2.65 bits per heavy atom. The van der Waals surface area contributed by atoms with Crippen LogP contribution in [0, 0.1) is 11.7 Å². The molecule has 1 amide bonds. The van der Waals surface area contributed by atoms with Gasteiger partial charge in [-0.2, -0.15) is 0 Å². The number of anilines is 2. The molecule has 3 aromatic carbocycles. The minimum Gasteiger partial charge on any atom is -0.457 e. The van der Waals surface area contributed by atoms with Gasteiger partial charge in [-0.1, -0.05) is 32.0 Å². The second kappa shape index (κ2) is 11.6. The number of nitrogens with one attached hydrogen (secondary N) is 1. The van der Waals surface area contributed by atoms with E-state index in [0.717, 1.165) is 23.6 Å². The smallest absolute Gasteiger partial charge is 0.259 e. The average molecular weight is 501 g/mol. The summed E-state index contributed by atoms with van der Waals surface area (Å²) in [6.45, 7) is 5.93. The minimum absolute atomic E-state index is 0.0883. The Labute approximate surface area is 215 Å². The van der Waals surface area contributed by atoms with Crippen molar-refractivity contribution in [3.05, 3.63) is 89.9 Å². The van der Waals surface area contributed by atoms with Crippen molar-refractivity contribution >= 4 is 34.5 Å². The third kappa shape index (κ3) is 6.29. The molecule has 1 heterocycles. The van der Waals surface area contributed by atoms with Crippen molar-refractivity contribution in [1.82, 2.24) is 4.98 Å². The van der Waals surface area contributed by atoms with E-state index < -0.39 is 11.7 Å². The molecule has 0 fully saturated rings. The highest BCUT2D eigenvalue weighted by molar-refractivity contribution is 6.04. The topological polar surface area (TPSA) is 97.5 Å². The van der Waals surface area contributed by atoms with Crippen LogP contribution in [-0.2, 0) is 0 Å². The predicted molar refractivity (Wildman–Crippen MR) is 144 cm³/mol. The number of hydrogen-bond donors (Lipinski definition) is 2. The van der Waals surface area contributed by atoms with Gasteiger partial charge in [-0.25, -0.2) is 9.37 Å². The van der Waals surface area contributed by atoms with E-state index >= 15 is 0 Å². The summed E-state index contributed by atoms with van der Waals surface area (Å²) in [4.78, 5) is 30.2. The number of carbonyl (C=O) groups is 2. The quantitative estimate of drug-likeness (QED) is 0.273. The molecule has 0 bridgehead atoms. The molecular weight excluding hydrogens is 471 g/mol. The molecule has 0 spiro atoms. The summed E-state index contributed by atoms with van der Waals surface area (Å²) in [6, 6.07) is 18.6. The fraction of sp³-hybridized carbons (Fsp3) is 0.207. The van der Waals surface area contributed by atoms with E-state index in [-0.39, 0.29) is 11.4 Å². The number of hydrogen-bond acceptors (Lipinski definition) is 6. The maximum Gasteiger partial charge on any atom is 0.259 e. The Balaban J connectivity index is 1.48. The number of aldehydes is 1. The van der Waals surface area contributed by atoms with Crippen molar-refractivity contribution in [2.75, 3.05) is 29.9 Å². The predicted octanol–water partition coefficient (Wildman–Crippen LogP) is 5.65. The molecule has 0 unspecified atom stereocenters. The van der Waals surface area contributed by atoms with Crippen LogP contribution in [0.5, 0.6) is 11.5 Å². The summed E-state index contributed by atoms with van der Waals surface area (Å²) >= 11 is 0.